The van der Waals surface area contributed by atoms with Crippen LogP contribution < -0.4 is 0 Å². The number of hydrogen-bond donors (Lipinski definition) is 0. The minimum Gasteiger partial charge on any atom is -0.0628 e. The van der Waals surface area contributed by atoms with Crippen LogP contribution in [0.1, 0.15) is 57.2 Å². The molecule has 0 aliphatic heterocycles. The van der Waals surface area contributed by atoms with Crippen LogP contribution >= 0.6 is 0 Å². The number of benzene rings is 1. The first kappa shape index (κ1) is 15.3. The first-order valence-electron chi connectivity index (χ1n) is 7.43. The molecular formula is C18H29. The lowest BCUT2D eigenvalue weighted by Gasteiger charge is -2.15. The molecule has 0 fully saturated rings. The molecule has 0 saturated heterocycles. The van der Waals surface area contributed by atoms with Crippen LogP contribution in [0, 0.1) is 18.8 Å². The fourth-order valence-corrected chi connectivity index (χ4v) is 2.37. The average Bonchev–Trinajstić information content (AvgIpc) is 2.33. The molecule has 1 aromatic carbocycles. The van der Waals surface area contributed by atoms with Crippen molar-refractivity contribution in [2.24, 2.45) is 11.8 Å². The molecule has 0 spiro atoms. The molecule has 1 rings (SSSR count). The van der Waals surface area contributed by atoms with Crippen LogP contribution in [0.4, 0.5) is 0 Å². The monoisotopic (exact) mass is 245 g/mol. The third-order valence-electron chi connectivity index (χ3n) is 3.60. The van der Waals surface area contributed by atoms with Crippen molar-refractivity contribution in [1.29, 1.82) is 0 Å². The maximum absolute atomic E-state index is 4.13. The van der Waals surface area contributed by atoms with Gasteiger partial charge in [-0.3, -0.25) is 0 Å². The van der Waals surface area contributed by atoms with E-state index in [0.29, 0.717) is 0 Å². The molecule has 0 atom stereocenters. The highest BCUT2D eigenvalue weighted by molar-refractivity contribution is 5.36. The van der Waals surface area contributed by atoms with Gasteiger partial charge in [-0.05, 0) is 67.6 Å². The van der Waals surface area contributed by atoms with E-state index in [1.807, 2.05) is 0 Å². The maximum Gasteiger partial charge on any atom is -0.0273 e. The molecule has 1 aromatic rings. The van der Waals surface area contributed by atoms with Gasteiger partial charge in [0.05, 0.1) is 0 Å². The molecule has 0 N–H and O–H groups in total. The fraction of sp³-hybridized carbons (Fsp3) is 0.611. The smallest absolute Gasteiger partial charge is 0.0273 e. The standard InChI is InChI=1S/C18H29/c1-6-18-16(12-10-14(2)3)8-7-9-17(18)13-11-15(4)5/h7-9,14-15H,1,6,10-13H2,2-5H3. The lowest BCUT2D eigenvalue weighted by Crippen LogP contribution is -2.02. The molecule has 0 amide bonds. The zero-order valence-electron chi connectivity index (χ0n) is 12.6. The Morgan fingerprint density at radius 1 is 0.889 bits per heavy atom. The quantitative estimate of drug-likeness (QED) is 0.616. The molecule has 0 aliphatic carbocycles. The minimum absolute atomic E-state index is 0.780. The summed E-state index contributed by atoms with van der Waals surface area (Å²) in [4.78, 5) is 0. The Morgan fingerprint density at radius 2 is 1.33 bits per heavy atom. The predicted octanol–water partition coefficient (Wildman–Crippen LogP) is 5.24. The fourth-order valence-electron chi connectivity index (χ4n) is 2.37. The van der Waals surface area contributed by atoms with Crippen molar-refractivity contribution in [2.45, 2.75) is 59.8 Å². The van der Waals surface area contributed by atoms with Gasteiger partial charge in [0.1, 0.15) is 0 Å². The summed E-state index contributed by atoms with van der Waals surface area (Å²) >= 11 is 0. The second kappa shape index (κ2) is 7.61. The van der Waals surface area contributed by atoms with E-state index in [9.17, 15) is 0 Å². The Bertz CT molecular complexity index is 317. The molecular weight excluding hydrogens is 216 g/mol. The minimum atomic E-state index is 0.780. The van der Waals surface area contributed by atoms with Gasteiger partial charge in [-0.2, -0.15) is 0 Å². The molecule has 0 aliphatic rings. The second-order valence-corrected chi connectivity index (χ2v) is 6.17. The van der Waals surface area contributed by atoms with Crippen LogP contribution in [0.5, 0.6) is 0 Å². The second-order valence-electron chi connectivity index (χ2n) is 6.17. The van der Waals surface area contributed by atoms with E-state index >= 15 is 0 Å². The first-order chi connectivity index (χ1) is 8.54. The number of hydrogen-bond acceptors (Lipinski definition) is 0. The van der Waals surface area contributed by atoms with Gasteiger partial charge in [0.25, 0.3) is 0 Å². The molecule has 0 unspecified atom stereocenters. The van der Waals surface area contributed by atoms with E-state index in [2.05, 4.69) is 52.8 Å². The predicted molar refractivity (Wildman–Crippen MR) is 81.8 cm³/mol. The Hall–Kier alpha value is -0.780. The number of aryl methyl sites for hydroxylation is 2. The van der Waals surface area contributed by atoms with E-state index in [4.69, 9.17) is 0 Å². The average molecular weight is 245 g/mol. The van der Waals surface area contributed by atoms with E-state index in [0.717, 1.165) is 18.3 Å². The molecule has 0 nitrogen and oxygen atoms in total. The highest BCUT2D eigenvalue weighted by Gasteiger charge is 2.08. The van der Waals surface area contributed by atoms with Crippen molar-refractivity contribution < 1.29 is 0 Å². The van der Waals surface area contributed by atoms with Gasteiger partial charge in [-0.25, -0.2) is 0 Å². The van der Waals surface area contributed by atoms with E-state index < -0.39 is 0 Å². The van der Waals surface area contributed by atoms with E-state index in [1.54, 1.807) is 0 Å². The highest BCUT2D eigenvalue weighted by atomic mass is 14.1. The normalized spacial score (nSPS) is 11.5. The largest absolute Gasteiger partial charge is 0.0628 e. The molecule has 18 heavy (non-hydrogen) atoms. The van der Waals surface area contributed by atoms with Gasteiger partial charge in [0.2, 0.25) is 0 Å². The van der Waals surface area contributed by atoms with Crippen molar-refractivity contribution in [2.75, 3.05) is 0 Å². The summed E-state index contributed by atoms with van der Waals surface area (Å²) in [6.45, 7) is 13.3. The van der Waals surface area contributed by atoms with Crippen molar-refractivity contribution in [1.82, 2.24) is 0 Å². The SMILES string of the molecule is [CH2]Cc1c(CCC(C)C)cccc1CCC(C)C. The van der Waals surface area contributed by atoms with E-state index in [-0.39, 0.29) is 0 Å². The highest BCUT2D eigenvalue weighted by Crippen LogP contribution is 2.21. The van der Waals surface area contributed by atoms with Crippen molar-refractivity contribution in [3.05, 3.63) is 41.8 Å². The maximum atomic E-state index is 4.13. The molecule has 1 radical (unpaired) electrons. The van der Waals surface area contributed by atoms with Crippen LogP contribution in [0.15, 0.2) is 18.2 Å². The summed E-state index contributed by atoms with van der Waals surface area (Å²) in [6, 6.07) is 6.81. The molecule has 0 bridgehead atoms. The van der Waals surface area contributed by atoms with Crippen LogP contribution in [-0.4, -0.2) is 0 Å². The number of rotatable bonds is 7. The lowest BCUT2D eigenvalue weighted by atomic mass is 9.90. The molecule has 101 valence electrons. The van der Waals surface area contributed by atoms with Gasteiger partial charge < -0.3 is 0 Å². The summed E-state index contributed by atoms with van der Waals surface area (Å²) in [5.41, 5.74) is 4.57. The van der Waals surface area contributed by atoms with Crippen LogP contribution in [0.2, 0.25) is 0 Å². The first-order valence-corrected chi connectivity index (χ1v) is 7.43. The Balaban J connectivity index is 2.81. The molecule has 0 aromatic heterocycles. The summed E-state index contributed by atoms with van der Waals surface area (Å²) in [6.07, 6.45) is 5.90. The zero-order valence-corrected chi connectivity index (χ0v) is 12.6. The summed E-state index contributed by atoms with van der Waals surface area (Å²) < 4.78 is 0. The molecule has 0 saturated carbocycles. The van der Waals surface area contributed by atoms with Crippen LogP contribution in [0.25, 0.3) is 0 Å². The zero-order chi connectivity index (χ0) is 13.5. The van der Waals surface area contributed by atoms with E-state index in [1.165, 1.54) is 42.4 Å². The lowest BCUT2D eigenvalue weighted by molar-refractivity contribution is 0.578. The van der Waals surface area contributed by atoms with Gasteiger partial charge in [0.15, 0.2) is 0 Å². The topological polar surface area (TPSA) is 0 Å². The van der Waals surface area contributed by atoms with Gasteiger partial charge in [-0.1, -0.05) is 45.9 Å². The molecule has 0 heterocycles. The van der Waals surface area contributed by atoms with Crippen LogP contribution in [-0.2, 0) is 19.3 Å². The molecule has 0 heteroatoms. The van der Waals surface area contributed by atoms with Gasteiger partial charge in [0, 0.05) is 0 Å². The Morgan fingerprint density at radius 3 is 1.67 bits per heavy atom. The third-order valence-corrected chi connectivity index (χ3v) is 3.60. The van der Waals surface area contributed by atoms with Gasteiger partial charge in [-0.15, -0.1) is 0 Å². The summed E-state index contributed by atoms with van der Waals surface area (Å²) in [5.74, 6) is 1.56. The Kier molecular flexibility index (Phi) is 6.46. The van der Waals surface area contributed by atoms with Gasteiger partial charge >= 0.3 is 0 Å². The van der Waals surface area contributed by atoms with Crippen molar-refractivity contribution in [3.8, 4) is 0 Å². The van der Waals surface area contributed by atoms with Crippen molar-refractivity contribution >= 4 is 0 Å². The van der Waals surface area contributed by atoms with Crippen LogP contribution in [0.3, 0.4) is 0 Å². The third kappa shape index (κ3) is 4.84. The van der Waals surface area contributed by atoms with Crippen molar-refractivity contribution in [3.63, 3.8) is 0 Å². The Labute approximate surface area is 114 Å². The summed E-state index contributed by atoms with van der Waals surface area (Å²) in [5, 5.41) is 0. The summed E-state index contributed by atoms with van der Waals surface area (Å²) in [7, 11) is 0.